The van der Waals surface area contributed by atoms with Gasteiger partial charge in [0, 0.05) is 26.2 Å². The molecule has 1 aromatic heterocycles. The third-order valence-corrected chi connectivity index (χ3v) is 7.49. The van der Waals surface area contributed by atoms with Gasteiger partial charge in [0.25, 0.3) is 5.91 Å². The van der Waals surface area contributed by atoms with Gasteiger partial charge in [0.15, 0.2) is 0 Å². The highest BCUT2D eigenvalue weighted by Crippen LogP contribution is 2.32. The number of thiophene rings is 1. The van der Waals surface area contributed by atoms with Crippen LogP contribution in [-0.2, 0) is 10.0 Å². The van der Waals surface area contributed by atoms with Crippen molar-refractivity contribution in [2.24, 2.45) is 0 Å². The Morgan fingerprint density at radius 2 is 1.62 bits per heavy atom. The topological polar surface area (TPSA) is 57.7 Å². The molecule has 24 heavy (non-hydrogen) atoms. The Bertz CT molecular complexity index is 825. The monoisotopic (exact) mass is 404 g/mol. The van der Waals surface area contributed by atoms with Crippen molar-refractivity contribution < 1.29 is 13.2 Å². The maximum atomic E-state index is 12.8. The fraction of sp³-hybridized carbons (Fsp3) is 0.267. The second-order valence-electron chi connectivity index (χ2n) is 5.22. The van der Waals surface area contributed by atoms with E-state index in [1.165, 1.54) is 27.8 Å². The molecular formula is C15H14Cl2N2O3S2. The van der Waals surface area contributed by atoms with Gasteiger partial charge in [0.2, 0.25) is 10.0 Å². The Hall–Kier alpha value is -1.12. The van der Waals surface area contributed by atoms with E-state index in [1.807, 2.05) is 11.4 Å². The highest BCUT2D eigenvalue weighted by atomic mass is 35.5. The summed E-state index contributed by atoms with van der Waals surface area (Å²) < 4.78 is 26.9. The van der Waals surface area contributed by atoms with Gasteiger partial charge in [0.1, 0.15) is 4.90 Å². The van der Waals surface area contributed by atoms with E-state index in [0.717, 1.165) is 0 Å². The van der Waals surface area contributed by atoms with Crippen LogP contribution < -0.4 is 0 Å². The largest absolute Gasteiger partial charge is 0.335 e. The summed E-state index contributed by atoms with van der Waals surface area (Å²) in [6.45, 7) is 1.08. The molecule has 0 saturated carbocycles. The minimum atomic E-state index is -3.79. The van der Waals surface area contributed by atoms with Gasteiger partial charge >= 0.3 is 0 Å². The van der Waals surface area contributed by atoms with Crippen LogP contribution in [-0.4, -0.2) is 49.7 Å². The molecule has 0 atom stereocenters. The minimum Gasteiger partial charge on any atom is -0.335 e. The van der Waals surface area contributed by atoms with Crippen LogP contribution in [0.5, 0.6) is 0 Å². The van der Waals surface area contributed by atoms with Crippen LogP contribution in [0.3, 0.4) is 0 Å². The molecule has 3 rings (SSSR count). The summed E-state index contributed by atoms with van der Waals surface area (Å²) >= 11 is 13.4. The summed E-state index contributed by atoms with van der Waals surface area (Å²) in [7, 11) is -3.79. The van der Waals surface area contributed by atoms with Gasteiger partial charge in [-0.15, -0.1) is 11.3 Å². The first-order valence-electron chi connectivity index (χ1n) is 7.18. The quantitative estimate of drug-likeness (QED) is 0.788. The Balaban J connectivity index is 1.76. The number of amides is 1. The highest BCUT2D eigenvalue weighted by molar-refractivity contribution is 7.89. The SMILES string of the molecule is O=C(c1cccs1)N1CCN(S(=O)(=O)c2c(Cl)cccc2Cl)CC1. The lowest BCUT2D eigenvalue weighted by Crippen LogP contribution is -2.50. The lowest BCUT2D eigenvalue weighted by molar-refractivity contribution is 0.0703. The molecule has 9 heteroatoms. The van der Waals surface area contributed by atoms with E-state index in [2.05, 4.69) is 0 Å². The number of benzene rings is 1. The van der Waals surface area contributed by atoms with Crippen LogP contribution >= 0.6 is 34.5 Å². The normalized spacial score (nSPS) is 16.3. The molecule has 0 spiro atoms. The number of sulfonamides is 1. The lowest BCUT2D eigenvalue weighted by Gasteiger charge is -2.34. The van der Waals surface area contributed by atoms with Crippen molar-refractivity contribution in [3.8, 4) is 0 Å². The third-order valence-electron chi connectivity index (χ3n) is 3.77. The molecule has 2 heterocycles. The average Bonchev–Trinajstić information content (AvgIpc) is 3.08. The molecule has 0 N–H and O–H groups in total. The first-order chi connectivity index (χ1) is 11.4. The van der Waals surface area contributed by atoms with Crippen molar-refractivity contribution in [3.05, 3.63) is 50.6 Å². The van der Waals surface area contributed by atoms with Crippen LogP contribution in [0.15, 0.2) is 40.6 Å². The van der Waals surface area contributed by atoms with Gasteiger partial charge in [-0.2, -0.15) is 4.31 Å². The van der Waals surface area contributed by atoms with Crippen molar-refractivity contribution in [1.82, 2.24) is 9.21 Å². The summed E-state index contributed by atoms with van der Waals surface area (Å²) in [5, 5.41) is 2.03. The van der Waals surface area contributed by atoms with E-state index in [1.54, 1.807) is 17.0 Å². The van der Waals surface area contributed by atoms with Crippen molar-refractivity contribution in [3.63, 3.8) is 0 Å². The molecule has 0 aliphatic carbocycles. The van der Waals surface area contributed by atoms with Crippen molar-refractivity contribution in [1.29, 1.82) is 0 Å². The molecule has 2 aromatic rings. The zero-order chi connectivity index (χ0) is 17.3. The van der Waals surface area contributed by atoms with Crippen molar-refractivity contribution >= 4 is 50.5 Å². The summed E-state index contributed by atoms with van der Waals surface area (Å²) in [5.41, 5.74) is 0. The molecule has 0 bridgehead atoms. The van der Waals surface area contributed by atoms with E-state index in [-0.39, 0.29) is 33.9 Å². The van der Waals surface area contributed by atoms with Crippen LogP contribution in [0, 0.1) is 0 Å². The van der Waals surface area contributed by atoms with E-state index in [9.17, 15) is 13.2 Å². The van der Waals surface area contributed by atoms with Gasteiger partial charge < -0.3 is 4.90 Å². The fourth-order valence-electron chi connectivity index (χ4n) is 2.55. The summed E-state index contributed by atoms with van der Waals surface area (Å²) in [5.74, 6) is -0.0715. The maximum absolute atomic E-state index is 12.8. The van der Waals surface area contributed by atoms with Crippen LogP contribution in [0.4, 0.5) is 0 Å². The predicted octanol–water partition coefficient (Wildman–Crippen LogP) is 3.20. The number of carbonyl (C=O) groups excluding carboxylic acids is 1. The first-order valence-corrected chi connectivity index (χ1v) is 10.3. The number of piperazine rings is 1. The number of hydrogen-bond donors (Lipinski definition) is 0. The van der Waals surface area contributed by atoms with Crippen LogP contribution in [0.2, 0.25) is 10.0 Å². The molecule has 1 fully saturated rings. The van der Waals surface area contributed by atoms with Gasteiger partial charge in [0.05, 0.1) is 14.9 Å². The highest BCUT2D eigenvalue weighted by Gasteiger charge is 2.33. The number of halogens is 2. The molecule has 5 nitrogen and oxygen atoms in total. The summed E-state index contributed by atoms with van der Waals surface area (Å²) in [6, 6.07) is 8.17. The molecule has 1 amide bonds. The van der Waals surface area contributed by atoms with Gasteiger partial charge in [-0.05, 0) is 23.6 Å². The Morgan fingerprint density at radius 1 is 1.00 bits per heavy atom. The number of rotatable bonds is 3. The van der Waals surface area contributed by atoms with Crippen LogP contribution in [0.25, 0.3) is 0 Å². The standard InChI is InChI=1S/C15H14Cl2N2O3S2/c16-11-3-1-4-12(17)14(11)24(21,22)19-8-6-18(7-9-19)15(20)13-5-2-10-23-13/h1-5,10H,6-9H2. The van der Waals surface area contributed by atoms with E-state index < -0.39 is 10.0 Å². The molecule has 128 valence electrons. The molecule has 0 unspecified atom stereocenters. The number of hydrogen-bond acceptors (Lipinski definition) is 4. The second kappa shape index (κ2) is 7.01. The summed E-state index contributed by atoms with van der Waals surface area (Å²) in [6.07, 6.45) is 0. The molecule has 1 aliphatic heterocycles. The van der Waals surface area contributed by atoms with E-state index >= 15 is 0 Å². The smallest absolute Gasteiger partial charge is 0.264 e. The Kier molecular flexibility index (Phi) is 5.17. The zero-order valence-corrected chi connectivity index (χ0v) is 15.6. The maximum Gasteiger partial charge on any atom is 0.264 e. The third kappa shape index (κ3) is 3.32. The predicted molar refractivity (Wildman–Crippen MR) is 95.4 cm³/mol. The minimum absolute atomic E-state index is 0.0715. The molecule has 1 saturated heterocycles. The summed E-state index contributed by atoms with van der Waals surface area (Å²) in [4.78, 5) is 14.6. The number of nitrogens with zero attached hydrogens (tertiary/aromatic N) is 2. The molecule has 0 radical (unpaired) electrons. The van der Waals surface area contributed by atoms with Crippen molar-refractivity contribution in [2.45, 2.75) is 4.90 Å². The first kappa shape index (κ1) is 17.7. The Morgan fingerprint density at radius 3 is 2.17 bits per heavy atom. The second-order valence-corrected chi connectivity index (χ2v) is 8.86. The van der Waals surface area contributed by atoms with Gasteiger partial charge in [-0.3, -0.25) is 4.79 Å². The Labute approximate surface area is 154 Å². The average molecular weight is 405 g/mol. The zero-order valence-electron chi connectivity index (χ0n) is 12.5. The van der Waals surface area contributed by atoms with E-state index in [0.29, 0.717) is 18.0 Å². The van der Waals surface area contributed by atoms with Gasteiger partial charge in [-0.25, -0.2) is 8.42 Å². The fourth-order valence-corrected chi connectivity index (χ4v) is 5.75. The lowest BCUT2D eigenvalue weighted by atomic mass is 10.3. The number of carbonyl (C=O) groups is 1. The van der Waals surface area contributed by atoms with Crippen molar-refractivity contribution in [2.75, 3.05) is 26.2 Å². The van der Waals surface area contributed by atoms with E-state index in [4.69, 9.17) is 23.2 Å². The van der Waals surface area contributed by atoms with Gasteiger partial charge in [-0.1, -0.05) is 35.3 Å². The molecular weight excluding hydrogens is 391 g/mol. The molecule has 1 aliphatic rings. The molecule has 1 aromatic carbocycles. The van der Waals surface area contributed by atoms with Crippen LogP contribution in [0.1, 0.15) is 9.67 Å².